The van der Waals surface area contributed by atoms with Crippen LogP contribution < -0.4 is 9.64 Å². The molecule has 3 aromatic rings. The van der Waals surface area contributed by atoms with Crippen molar-refractivity contribution in [3.05, 3.63) is 83.9 Å². The number of ether oxygens (including phenoxy) is 2. The van der Waals surface area contributed by atoms with Crippen LogP contribution in [0.25, 0.3) is 11.1 Å². The molecule has 1 atom stereocenters. The van der Waals surface area contributed by atoms with E-state index in [2.05, 4.69) is 29.2 Å². The SMILES string of the molecule is CN(C(=O)CN1C(=O)COc2ccc(C(=O)O)cc21)C(CN1CCOCC1)c1ccc(-c2ccccc2)cc1. The van der Waals surface area contributed by atoms with E-state index in [1.165, 1.54) is 23.1 Å². The Labute approximate surface area is 227 Å². The predicted octanol–water partition coefficient (Wildman–Crippen LogP) is 3.31. The summed E-state index contributed by atoms with van der Waals surface area (Å²) >= 11 is 0. The van der Waals surface area contributed by atoms with Gasteiger partial charge in [0.25, 0.3) is 5.91 Å². The number of amides is 2. The van der Waals surface area contributed by atoms with Crippen LogP contribution in [0.3, 0.4) is 0 Å². The molecule has 3 aromatic carbocycles. The van der Waals surface area contributed by atoms with Gasteiger partial charge < -0.3 is 19.5 Å². The van der Waals surface area contributed by atoms with Gasteiger partial charge in [-0.2, -0.15) is 0 Å². The highest BCUT2D eigenvalue weighted by molar-refractivity contribution is 6.03. The number of morpholine rings is 1. The first kappa shape index (κ1) is 26.4. The second-order valence-electron chi connectivity index (χ2n) is 9.68. The van der Waals surface area contributed by atoms with Crippen LogP contribution in [0.2, 0.25) is 0 Å². The molecule has 9 nitrogen and oxygen atoms in total. The Balaban J connectivity index is 1.40. The van der Waals surface area contributed by atoms with Gasteiger partial charge in [0, 0.05) is 26.7 Å². The summed E-state index contributed by atoms with van der Waals surface area (Å²) in [4.78, 5) is 43.2. The molecule has 202 valence electrons. The number of aromatic carboxylic acids is 1. The van der Waals surface area contributed by atoms with E-state index in [4.69, 9.17) is 9.47 Å². The Bertz CT molecular complexity index is 1340. The van der Waals surface area contributed by atoms with Crippen LogP contribution in [0.15, 0.2) is 72.8 Å². The van der Waals surface area contributed by atoms with Crippen molar-refractivity contribution in [1.29, 1.82) is 0 Å². The first-order valence-electron chi connectivity index (χ1n) is 12.9. The van der Waals surface area contributed by atoms with Crippen LogP contribution in [-0.2, 0) is 14.3 Å². The number of carbonyl (C=O) groups is 3. The van der Waals surface area contributed by atoms with Gasteiger partial charge in [-0.3, -0.25) is 19.4 Å². The summed E-state index contributed by atoms with van der Waals surface area (Å²) in [6.45, 7) is 3.00. The minimum absolute atomic E-state index is 0.0153. The van der Waals surface area contributed by atoms with E-state index >= 15 is 0 Å². The maximum Gasteiger partial charge on any atom is 0.335 e. The lowest BCUT2D eigenvalue weighted by molar-refractivity contribution is -0.133. The molecule has 2 aliphatic heterocycles. The van der Waals surface area contributed by atoms with Gasteiger partial charge in [-0.05, 0) is 34.9 Å². The van der Waals surface area contributed by atoms with Crippen molar-refractivity contribution in [3.63, 3.8) is 0 Å². The van der Waals surface area contributed by atoms with Gasteiger partial charge in [0.1, 0.15) is 12.3 Å². The first-order chi connectivity index (χ1) is 18.9. The minimum Gasteiger partial charge on any atom is -0.482 e. The Morgan fingerprint density at radius 3 is 2.36 bits per heavy atom. The second-order valence-corrected chi connectivity index (χ2v) is 9.68. The van der Waals surface area contributed by atoms with Gasteiger partial charge in [-0.1, -0.05) is 54.6 Å². The third-order valence-corrected chi connectivity index (χ3v) is 7.24. The molecule has 39 heavy (non-hydrogen) atoms. The summed E-state index contributed by atoms with van der Waals surface area (Å²) in [5.41, 5.74) is 3.48. The topological polar surface area (TPSA) is 99.6 Å². The van der Waals surface area contributed by atoms with Crippen molar-refractivity contribution in [2.24, 2.45) is 0 Å². The van der Waals surface area contributed by atoms with Crippen molar-refractivity contribution in [3.8, 4) is 16.9 Å². The molecule has 1 unspecified atom stereocenters. The standard InChI is InChI=1S/C30H31N3O6/c1-31(28(34)19-33-25-17-24(30(36)37)11-12-27(25)39-20-29(33)35)26(18-32-13-15-38-16-14-32)23-9-7-22(8-10-23)21-5-3-2-4-6-21/h2-12,17,26H,13-16,18-20H2,1H3,(H,36,37). The number of hydrogen-bond acceptors (Lipinski definition) is 6. The average molecular weight is 530 g/mol. The highest BCUT2D eigenvalue weighted by Gasteiger charge is 2.32. The quantitative estimate of drug-likeness (QED) is 0.478. The molecule has 0 aromatic heterocycles. The van der Waals surface area contributed by atoms with E-state index in [9.17, 15) is 19.5 Å². The van der Waals surface area contributed by atoms with E-state index in [-0.39, 0.29) is 36.4 Å². The molecule has 0 saturated carbocycles. The number of carbonyl (C=O) groups excluding carboxylic acids is 2. The van der Waals surface area contributed by atoms with Crippen molar-refractivity contribution in [1.82, 2.24) is 9.80 Å². The summed E-state index contributed by atoms with van der Waals surface area (Å²) < 4.78 is 11.0. The van der Waals surface area contributed by atoms with Crippen LogP contribution in [-0.4, -0.2) is 85.7 Å². The summed E-state index contributed by atoms with van der Waals surface area (Å²) in [7, 11) is 1.75. The Morgan fingerprint density at radius 2 is 1.67 bits per heavy atom. The van der Waals surface area contributed by atoms with Crippen molar-refractivity contribution < 1.29 is 29.0 Å². The van der Waals surface area contributed by atoms with Crippen LogP contribution >= 0.6 is 0 Å². The molecule has 0 spiro atoms. The van der Waals surface area contributed by atoms with E-state index in [0.717, 1.165) is 29.8 Å². The average Bonchev–Trinajstić information content (AvgIpc) is 2.97. The lowest BCUT2D eigenvalue weighted by atomic mass is 9.99. The van der Waals surface area contributed by atoms with Gasteiger partial charge in [0.05, 0.1) is 30.5 Å². The zero-order valence-corrected chi connectivity index (χ0v) is 21.8. The number of anilines is 1. The number of nitrogens with zero attached hydrogens (tertiary/aromatic N) is 3. The molecular formula is C30H31N3O6. The van der Waals surface area contributed by atoms with Crippen molar-refractivity contribution >= 4 is 23.5 Å². The van der Waals surface area contributed by atoms with E-state index in [0.29, 0.717) is 25.5 Å². The number of carboxylic acids is 1. The van der Waals surface area contributed by atoms with E-state index in [1.807, 2.05) is 30.3 Å². The highest BCUT2D eigenvalue weighted by Crippen LogP contribution is 2.33. The molecule has 1 N–H and O–H groups in total. The van der Waals surface area contributed by atoms with Crippen LogP contribution in [0.4, 0.5) is 5.69 Å². The molecule has 9 heteroatoms. The van der Waals surface area contributed by atoms with Crippen LogP contribution in [0.1, 0.15) is 22.0 Å². The Hall–Kier alpha value is -4.21. The normalized spacial score (nSPS) is 16.2. The smallest absolute Gasteiger partial charge is 0.335 e. The molecule has 5 rings (SSSR count). The van der Waals surface area contributed by atoms with Gasteiger partial charge in [-0.25, -0.2) is 4.79 Å². The number of fused-ring (bicyclic) bond motifs is 1. The van der Waals surface area contributed by atoms with Crippen molar-refractivity contribution in [2.45, 2.75) is 6.04 Å². The molecule has 0 aliphatic carbocycles. The monoisotopic (exact) mass is 529 g/mol. The highest BCUT2D eigenvalue weighted by atomic mass is 16.5. The van der Waals surface area contributed by atoms with Crippen LogP contribution in [0, 0.1) is 0 Å². The van der Waals surface area contributed by atoms with Crippen LogP contribution in [0.5, 0.6) is 5.75 Å². The third-order valence-electron chi connectivity index (χ3n) is 7.24. The fourth-order valence-corrected chi connectivity index (χ4v) is 4.94. The maximum absolute atomic E-state index is 13.7. The Morgan fingerprint density at radius 1 is 0.974 bits per heavy atom. The summed E-state index contributed by atoms with van der Waals surface area (Å²) in [5, 5.41) is 9.42. The molecule has 1 saturated heterocycles. The molecule has 0 radical (unpaired) electrons. The molecule has 2 aliphatic rings. The summed E-state index contributed by atoms with van der Waals surface area (Å²) in [6.07, 6.45) is 0. The first-order valence-corrected chi connectivity index (χ1v) is 12.9. The number of hydrogen-bond donors (Lipinski definition) is 1. The van der Waals surface area contributed by atoms with E-state index < -0.39 is 11.9 Å². The number of carboxylic acid groups (broad SMARTS) is 1. The number of likely N-dealkylation sites (N-methyl/N-ethyl adjacent to an activating group) is 1. The molecule has 2 heterocycles. The van der Waals surface area contributed by atoms with Crippen molar-refractivity contribution in [2.75, 3.05) is 57.9 Å². The molecule has 0 bridgehead atoms. The zero-order valence-electron chi connectivity index (χ0n) is 21.8. The van der Waals surface area contributed by atoms with Gasteiger partial charge >= 0.3 is 5.97 Å². The molecule has 1 fully saturated rings. The van der Waals surface area contributed by atoms with E-state index in [1.54, 1.807) is 11.9 Å². The fraction of sp³-hybridized carbons (Fsp3) is 0.300. The summed E-state index contributed by atoms with van der Waals surface area (Å²) in [6, 6.07) is 22.4. The lowest BCUT2D eigenvalue weighted by Gasteiger charge is -2.37. The van der Waals surface area contributed by atoms with Gasteiger partial charge in [0.15, 0.2) is 6.61 Å². The largest absolute Gasteiger partial charge is 0.482 e. The predicted molar refractivity (Wildman–Crippen MR) is 146 cm³/mol. The second kappa shape index (κ2) is 11.7. The number of rotatable bonds is 8. The molecule has 2 amide bonds. The third kappa shape index (κ3) is 5.94. The van der Waals surface area contributed by atoms with Gasteiger partial charge in [0.2, 0.25) is 5.91 Å². The fourth-order valence-electron chi connectivity index (χ4n) is 4.94. The Kier molecular flexibility index (Phi) is 7.90. The molecular weight excluding hydrogens is 498 g/mol. The maximum atomic E-state index is 13.7. The minimum atomic E-state index is -1.12. The lowest BCUT2D eigenvalue weighted by Crippen LogP contribution is -2.48. The zero-order chi connectivity index (χ0) is 27.4. The number of benzene rings is 3. The summed E-state index contributed by atoms with van der Waals surface area (Å²) in [5.74, 6) is -1.41. The van der Waals surface area contributed by atoms with Gasteiger partial charge in [-0.15, -0.1) is 0 Å².